The number of anilines is 1. The Hall–Kier alpha value is -2.42. The van der Waals surface area contributed by atoms with Crippen molar-refractivity contribution in [3.05, 3.63) is 35.7 Å². The Morgan fingerprint density at radius 2 is 2.15 bits per heavy atom. The Bertz CT molecular complexity index is 773. The van der Waals surface area contributed by atoms with Crippen LogP contribution in [0.3, 0.4) is 0 Å². The second-order valence-corrected chi connectivity index (χ2v) is 7.08. The maximum absolute atomic E-state index is 12.1. The molecule has 138 valence electrons. The minimum atomic E-state index is -0.436. The summed E-state index contributed by atoms with van der Waals surface area (Å²) >= 11 is 1.46. The number of hydrogen-bond donors (Lipinski definition) is 1. The molecule has 0 unspecified atom stereocenters. The first-order valence-electron chi connectivity index (χ1n) is 8.50. The molecule has 0 spiro atoms. The lowest BCUT2D eigenvalue weighted by molar-refractivity contribution is -0.113. The van der Waals surface area contributed by atoms with Crippen LogP contribution in [0.25, 0.3) is 0 Å². The van der Waals surface area contributed by atoms with Crippen molar-refractivity contribution in [2.75, 3.05) is 18.2 Å². The summed E-state index contributed by atoms with van der Waals surface area (Å²) in [5.41, 5.74) is 0.961. The van der Waals surface area contributed by atoms with E-state index in [2.05, 4.69) is 25.6 Å². The molecule has 1 fully saturated rings. The lowest BCUT2D eigenvalue weighted by atomic mass is 10.2. The summed E-state index contributed by atoms with van der Waals surface area (Å²) < 4.78 is 6.58. The average molecular weight is 375 g/mol. The molecule has 0 radical (unpaired) electrons. The van der Waals surface area contributed by atoms with Crippen LogP contribution in [-0.2, 0) is 15.3 Å². The molecular weight excluding hydrogens is 354 g/mol. The monoisotopic (exact) mass is 375 g/mol. The van der Waals surface area contributed by atoms with Crippen molar-refractivity contribution in [2.24, 2.45) is 0 Å². The zero-order valence-corrected chi connectivity index (χ0v) is 15.4. The number of aromatic nitrogens is 4. The molecule has 1 heterocycles. The van der Waals surface area contributed by atoms with E-state index >= 15 is 0 Å². The van der Waals surface area contributed by atoms with Crippen LogP contribution in [0.5, 0.6) is 0 Å². The van der Waals surface area contributed by atoms with Crippen molar-refractivity contribution in [3.8, 4) is 0 Å². The van der Waals surface area contributed by atoms with E-state index in [0.717, 1.165) is 18.7 Å². The van der Waals surface area contributed by atoms with Crippen LogP contribution in [0, 0.1) is 0 Å². The lowest BCUT2D eigenvalue weighted by Crippen LogP contribution is -2.15. The van der Waals surface area contributed by atoms with Gasteiger partial charge in [-0.15, -0.1) is 16.9 Å². The number of nitrogens with one attached hydrogen (secondary N) is 1. The topological polar surface area (TPSA) is 99.0 Å². The zero-order valence-electron chi connectivity index (χ0n) is 14.6. The first kappa shape index (κ1) is 18.4. The number of hydrogen-bond acceptors (Lipinski definition) is 7. The highest BCUT2D eigenvalue weighted by molar-refractivity contribution is 7.99. The van der Waals surface area contributed by atoms with E-state index in [4.69, 9.17) is 0 Å². The lowest BCUT2D eigenvalue weighted by Gasteiger charge is -2.11. The van der Waals surface area contributed by atoms with E-state index < -0.39 is 5.97 Å². The Morgan fingerprint density at radius 1 is 1.35 bits per heavy atom. The van der Waals surface area contributed by atoms with Gasteiger partial charge in [0.05, 0.1) is 30.2 Å². The molecule has 1 aromatic carbocycles. The maximum Gasteiger partial charge on any atom is 0.337 e. The Labute approximate surface area is 155 Å². The molecule has 0 atom stereocenters. The van der Waals surface area contributed by atoms with Gasteiger partial charge in [0.2, 0.25) is 5.91 Å². The van der Waals surface area contributed by atoms with Crippen molar-refractivity contribution in [1.29, 1.82) is 0 Å². The molecule has 1 aliphatic rings. The van der Waals surface area contributed by atoms with Crippen LogP contribution in [-0.4, -0.2) is 44.9 Å². The maximum atomic E-state index is 12.1. The number of benzene rings is 1. The summed E-state index contributed by atoms with van der Waals surface area (Å²) in [4.78, 5) is 23.7. The highest BCUT2D eigenvalue weighted by Crippen LogP contribution is 2.29. The molecule has 2 aromatic rings. The molecule has 1 N–H and O–H groups in total. The fourth-order valence-corrected chi connectivity index (χ4v) is 3.75. The van der Waals surface area contributed by atoms with Crippen LogP contribution < -0.4 is 5.32 Å². The summed E-state index contributed by atoms with van der Waals surface area (Å²) in [5, 5.41) is 14.7. The number of methoxy groups -OCH3 is 1. The summed E-state index contributed by atoms with van der Waals surface area (Å²) in [6.07, 6.45) is 4.65. The molecule has 3 rings (SSSR count). The van der Waals surface area contributed by atoms with Crippen LogP contribution >= 0.6 is 11.8 Å². The fourth-order valence-electron chi connectivity index (χ4n) is 3.01. The Balaban J connectivity index is 1.49. The van der Waals surface area contributed by atoms with Crippen molar-refractivity contribution >= 4 is 29.3 Å². The smallest absolute Gasteiger partial charge is 0.337 e. The van der Waals surface area contributed by atoms with Gasteiger partial charge in [-0.05, 0) is 41.5 Å². The van der Waals surface area contributed by atoms with Gasteiger partial charge in [0.25, 0.3) is 0 Å². The standard InChI is InChI=1S/C17H21N5O3S/c1-25-17(24)12-5-4-6-13(9-12)18-16(23)11-26-10-15-19-20-21-22(15)14-7-2-3-8-14/h4-6,9,14H,2-3,7-8,10-11H2,1H3,(H,18,23). The molecule has 1 aliphatic carbocycles. The summed E-state index contributed by atoms with van der Waals surface area (Å²) in [6.45, 7) is 0. The third kappa shape index (κ3) is 4.60. The van der Waals surface area contributed by atoms with Gasteiger partial charge in [-0.25, -0.2) is 9.48 Å². The number of amides is 1. The van der Waals surface area contributed by atoms with E-state index in [1.165, 1.54) is 31.7 Å². The average Bonchev–Trinajstić information content (AvgIpc) is 3.32. The van der Waals surface area contributed by atoms with Gasteiger partial charge in [0, 0.05) is 5.69 Å². The number of carbonyl (C=O) groups excluding carboxylic acids is 2. The van der Waals surface area contributed by atoms with Gasteiger partial charge in [0.15, 0.2) is 5.82 Å². The van der Waals surface area contributed by atoms with Crippen molar-refractivity contribution in [1.82, 2.24) is 20.2 Å². The van der Waals surface area contributed by atoms with Crippen molar-refractivity contribution in [2.45, 2.75) is 37.5 Å². The minimum absolute atomic E-state index is 0.142. The molecule has 1 aromatic heterocycles. The molecule has 1 amide bonds. The first-order chi connectivity index (χ1) is 12.7. The molecule has 0 saturated heterocycles. The predicted molar refractivity (Wildman–Crippen MR) is 97.9 cm³/mol. The van der Waals surface area contributed by atoms with Gasteiger partial charge >= 0.3 is 5.97 Å². The van der Waals surface area contributed by atoms with E-state index in [9.17, 15) is 9.59 Å². The summed E-state index contributed by atoms with van der Waals surface area (Å²) in [6, 6.07) is 7.05. The fraction of sp³-hybridized carbons (Fsp3) is 0.471. The second kappa shape index (κ2) is 8.79. The second-order valence-electron chi connectivity index (χ2n) is 6.09. The first-order valence-corrected chi connectivity index (χ1v) is 9.65. The Morgan fingerprint density at radius 3 is 2.92 bits per heavy atom. The molecule has 0 bridgehead atoms. The normalized spacial score (nSPS) is 14.3. The number of carbonyl (C=O) groups is 2. The third-order valence-electron chi connectivity index (χ3n) is 4.26. The van der Waals surface area contributed by atoms with E-state index in [1.54, 1.807) is 24.3 Å². The zero-order chi connectivity index (χ0) is 18.4. The number of tetrazole rings is 1. The van der Waals surface area contributed by atoms with Crippen molar-refractivity contribution in [3.63, 3.8) is 0 Å². The van der Waals surface area contributed by atoms with Gasteiger partial charge in [-0.1, -0.05) is 18.9 Å². The highest BCUT2D eigenvalue weighted by atomic mass is 32.2. The van der Waals surface area contributed by atoms with Gasteiger partial charge in [-0.2, -0.15) is 0 Å². The van der Waals surface area contributed by atoms with Crippen molar-refractivity contribution < 1.29 is 14.3 Å². The van der Waals surface area contributed by atoms with E-state index in [1.807, 2.05) is 4.68 Å². The number of thioether (sulfide) groups is 1. The summed E-state index contributed by atoms with van der Waals surface area (Å²) in [5.74, 6) is 1.09. The van der Waals surface area contributed by atoms with Crippen LogP contribution in [0.2, 0.25) is 0 Å². The molecule has 8 nitrogen and oxygen atoms in total. The molecule has 26 heavy (non-hydrogen) atoms. The minimum Gasteiger partial charge on any atom is -0.465 e. The van der Waals surface area contributed by atoms with Gasteiger partial charge in [-0.3, -0.25) is 4.79 Å². The van der Waals surface area contributed by atoms with Crippen LogP contribution in [0.15, 0.2) is 24.3 Å². The van der Waals surface area contributed by atoms with Gasteiger partial charge < -0.3 is 10.1 Å². The van der Waals surface area contributed by atoms with Crippen LogP contribution in [0.1, 0.15) is 47.9 Å². The largest absolute Gasteiger partial charge is 0.465 e. The quantitative estimate of drug-likeness (QED) is 0.742. The van der Waals surface area contributed by atoms with E-state index in [-0.39, 0.29) is 11.7 Å². The van der Waals surface area contributed by atoms with Crippen LogP contribution in [0.4, 0.5) is 5.69 Å². The predicted octanol–water partition coefficient (Wildman–Crippen LogP) is 2.45. The number of rotatable bonds is 7. The number of esters is 1. The van der Waals surface area contributed by atoms with Gasteiger partial charge in [0.1, 0.15) is 0 Å². The molecular formula is C17H21N5O3S. The van der Waals surface area contributed by atoms with E-state index in [0.29, 0.717) is 23.0 Å². The molecule has 0 aliphatic heterocycles. The SMILES string of the molecule is COC(=O)c1cccc(NC(=O)CSCc2nnnn2C2CCCC2)c1. The molecule has 9 heteroatoms. The summed E-state index contributed by atoms with van der Waals surface area (Å²) in [7, 11) is 1.32. The Kier molecular flexibility index (Phi) is 6.21. The highest BCUT2D eigenvalue weighted by Gasteiger charge is 2.21. The molecule has 1 saturated carbocycles. The number of nitrogens with zero attached hydrogens (tertiary/aromatic N) is 4. The number of ether oxygens (including phenoxy) is 1. The third-order valence-corrected chi connectivity index (χ3v) is 5.19.